The average molecular weight is 585 g/mol. The molecule has 0 aromatic heterocycles. The van der Waals surface area contributed by atoms with Gasteiger partial charge in [-0.3, -0.25) is 14.5 Å². The van der Waals surface area contributed by atoms with Crippen molar-refractivity contribution < 1.29 is 19.1 Å². The Balaban J connectivity index is 1.33. The second-order valence-corrected chi connectivity index (χ2v) is 12.2. The van der Waals surface area contributed by atoms with Gasteiger partial charge < -0.3 is 25.0 Å². The van der Waals surface area contributed by atoms with Gasteiger partial charge in [0.25, 0.3) is 5.91 Å². The van der Waals surface area contributed by atoms with Gasteiger partial charge in [-0.1, -0.05) is 43.3 Å². The molecule has 0 radical (unpaired) electrons. The Morgan fingerprint density at radius 3 is 2.51 bits per heavy atom. The van der Waals surface area contributed by atoms with E-state index in [0.29, 0.717) is 36.6 Å². The summed E-state index contributed by atoms with van der Waals surface area (Å²) in [4.78, 5) is 31.1. The number of anilines is 1. The number of rotatable bonds is 9. The quantitative estimate of drug-likeness (QED) is 0.331. The molecule has 0 spiro atoms. The first-order valence-corrected chi connectivity index (χ1v) is 15.4. The van der Waals surface area contributed by atoms with E-state index in [4.69, 9.17) is 9.47 Å². The Hall–Kier alpha value is -3.88. The number of para-hydroxylation sites is 2. The molecule has 5 rings (SSSR count). The molecule has 1 saturated heterocycles. The average Bonchev–Trinajstić information content (AvgIpc) is 3.01. The predicted octanol–water partition coefficient (Wildman–Crippen LogP) is 5.80. The van der Waals surface area contributed by atoms with E-state index in [1.807, 2.05) is 73.3 Å². The van der Waals surface area contributed by atoms with Crippen LogP contribution >= 0.6 is 0 Å². The van der Waals surface area contributed by atoms with E-state index in [9.17, 15) is 9.59 Å². The van der Waals surface area contributed by atoms with Gasteiger partial charge in [-0.2, -0.15) is 0 Å². The topological polar surface area (TPSA) is 83.1 Å². The van der Waals surface area contributed by atoms with Crippen LogP contribution < -0.4 is 20.1 Å². The Labute approximate surface area is 255 Å². The third-order valence-electron chi connectivity index (χ3n) is 8.29. The summed E-state index contributed by atoms with van der Waals surface area (Å²) in [5.74, 6) is 1.91. The molecular weight excluding hydrogens is 540 g/mol. The highest BCUT2D eigenvalue weighted by Crippen LogP contribution is 2.35. The van der Waals surface area contributed by atoms with Gasteiger partial charge in [0.05, 0.1) is 17.2 Å². The van der Waals surface area contributed by atoms with E-state index in [1.54, 1.807) is 6.07 Å². The van der Waals surface area contributed by atoms with Crippen molar-refractivity contribution >= 4 is 17.5 Å². The maximum absolute atomic E-state index is 13.7. The van der Waals surface area contributed by atoms with Crippen LogP contribution in [-0.2, 0) is 11.3 Å². The minimum Gasteiger partial charge on any atom is -0.486 e. The van der Waals surface area contributed by atoms with E-state index in [1.165, 1.54) is 0 Å². The summed E-state index contributed by atoms with van der Waals surface area (Å²) in [5, 5.41) is 6.41. The lowest BCUT2D eigenvalue weighted by atomic mass is 9.97. The molecule has 8 nitrogen and oxygen atoms in total. The zero-order valence-electron chi connectivity index (χ0n) is 25.7. The summed E-state index contributed by atoms with van der Waals surface area (Å²) < 4.78 is 12.7. The van der Waals surface area contributed by atoms with Crippen molar-refractivity contribution in [3.05, 3.63) is 83.9 Å². The van der Waals surface area contributed by atoms with Crippen molar-refractivity contribution in [2.24, 2.45) is 11.8 Å². The predicted molar refractivity (Wildman–Crippen MR) is 170 cm³/mol. The Morgan fingerprint density at radius 2 is 1.81 bits per heavy atom. The molecule has 3 unspecified atom stereocenters. The van der Waals surface area contributed by atoms with Crippen LogP contribution in [0.25, 0.3) is 0 Å². The molecule has 2 N–H and O–H groups in total. The first-order chi connectivity index (χ1) is 20.8. The number of carbonyl (C=O) groups is 2. The van der Waals surface area contributed by atoms with Crippen molar-refractivity contribution in [3.8, 4) is 17.2 Å². The van der Waals surface area contributed by atoms with Crippen LogP contribution in [0, 0.1) is 11.8 Å². The molecule has 2 amide bonds. The lowest BCUT2D eigenvalue weighted by Crippen LogP contribution is -2.48. The Kier molecular flexibility index (Phi) is 10.00. The second kappa shape index (κ2) is 14.1. The van der Waals surface area contributed by atoms with Crippen LogP contribution in [0.2, 0.25) is 0 Å². The molecule has 3 aromatic rings. The van der Waals surface area contributed by atoms with Crippen LogP contribution in [0.15, 0.2) is 72.8 Å². The second-order valence-electron chi connectivity index (χ2n) is 12.2. The SMILES string of the molecule is CC1CN(C(C)C)C(=O)c2cccc(NC(=O)C3CCCNC3)c2OC1CN(C)Cc1ccc(Oc2ccccc2)cc1. The molecule has 0 saturated carbocycles. The lowest BCUT2D eigenvalue weighted by Gasteiger charge is -2.38. The molecule has 228 valence electrons. The van der Waals surface area contributed by atoms with Gasteiger partial charge in [0.15, 0.2) is 5.75 Å². The number of hydrogen-bond donors (Lipinski definition) is 2. The smallest absolute Gasteiger partial charge is 0.257 e. The number of piperidine rings is 1. The number of carbonyl (C=O) groups excluding carboxylic acids is 2. The molecule has 3 aromatic carbocycles. The number of likely N-dealkylation sites (N-methyl/N-ethyl adjacent to an activating group) is 1. The molecule has 1 fully saturated rings. The van der Waals surface area contributed by atoms with Gasteiger partial charge in [0, 0.05) is 38.1 Å². The van der Waals surface area contributed by atoms with Crippen LogP contribution in [0.5, 0.6) is 17.2 Å². The van der Waals surface area contributed by atoms with E-state index in [0.717, 1.165) is 43.0 Å². The van der Waals surface area contributed by atoms with Crippen molar-refractivity contribution in [2.75, 3.05) is 38.5 Å². The monoisotopic (exact) mass is 584 g/mol. The number of ether oxygens (including phenoxy) is 2. The molecular formula is C35H44N4O4. The van der Waals surface area contributed by atoms with Gasteiger partial charge in [0.1, 0.15) is 17.6 Å². The maximum atomic E-state index is 13.7. The van der Waals surface area contributed by atoms with E-state index >= 15 is 0 Å². The van der Waals surface area contributed by atoms with Crippen LogP contribution in [0.4, 0.5) is 5.69 Å². The molecule has 3 atom stereocenters. The summed E-state index contributed by atoms with van der Waals surface area (Å²) in [5.41, 5.74) is 2.21. The standard InChI is InChI=1S/C35H44N4O4/c1-24(2)39-21-25(3)32(23-38(4)22-26-15-17-29(18-16-26)42-28-11-6-5-7-12-28)43-33-30(35(39)41)13-8-14-31(33)37-34(40)27-10-9-19-36-20-27/h5-8,11-18,24-25,27,32,36H,9-10,19-23H2,1-4H3,(H,37,40). The van der Waals surface area contributed by atoms with Crippen molar-refractivity contribution in [3.63, 3.8) is 0 Å². The Bertz CT molecular complexity index is 1370. The largest absolute Gasteiger partial charge is 0.486 e. The van der Waals surface area contributed by atoms with E-state index < -0.39 is 0 Å². The van der Waals surface area contributed by atoms with Crippen LogP contribution in [0.1, 0.15) is 49.5 Å². The molecule has 8 heteroatoms. The number of amides is 2. The third-order valence-corrected chi connectivity index (χ3v) is 8.29. The van der Waals surface area contributed by atoms with E-state index in [-0.39, 0.29) is 35.8 Å². The number of nitrogens with zero attached hydrogens (tertiary/aromatic N) is 2. The van der Waals surface area contributed by atoms with Crippen molar-refractivity contribution in [2.45, 2.75) is 52.3 Å². The highest BCUT2D eigenvalue weighted by Gasteiger charge is 2.34. The first kappa shape index (κ1) is 30.6. The van der Waals surface area contributed by atoms with Gasteiger partial charge >= 0.3 is 0 Å². The minimum absolute atomic E-state index is 0.0301. The normalized spacial score (nSPS) is 20.7. The number of benzene rings is 3. The van der Waals surface area contributed by atoms with Gasteiger partial charge in [-0.25, -0.2) is 0 Å². The summed E-state index contributed by atoms with van der Waals surface area (Å²) in [6.07, 6.45) is 1.62. The van der Waals surface area contributed by atoms with Gasteiger partial charge in [-0.05, 0) is 82.2 Å². The Morgan fingerprint density at radius 1 is 1.07 bits per heavy atom. The summed E-state index contributed by atoms with van der Waals surface area (Å²) in [6.45, 7) is 9.78. The minimum atomic E-state index is -0.201. The first-order valence-electron chi connectivity index (χ1n) is 15.4. The maximum Gasteiger partial charge on any atom is 0.257 e. The molecule has 2 aliphatic rings. The summed E-state index contributed by atoms with van der Waals surface area (Å²) in [6, 6.07) is 23.4. The van der Waals surface area contributed by atoms with Gasteiger partial charge in [-0.15, -0.1) is 0 Å². The highest BCUT2D eigenvalue weighted by atomic mass is 16.5. The molecule has 0 bridgehead atoms. The zero-order chi connectivity index (χ0) is 30.3. The molecule has 43 heavy (non-hydrogen) atoms. The molecule has 2 aliphatic heterocycles. The van der Waals surface area contributed by atoms with E-state index in [2.05, 4.69) is 41.6 Å². The third kappa shape index (κ3) is 7.75. The van der Waals surface area contributed by atoms with Crippen LogP contribution in [-0.4, -0.2) is 67.0 Å². The summed E-state index contributed by atoms with van der Waals surface area (Å²) >= 11 is 0. The fraction of sp³-hybridized carbons (Fsp3) is 0.429. The highest BCUT2D eigenvalue weighted by molar-refractivity contribution is 6.02. The van der Waals surface area contributed by atoms with Crippen molar-refractivity contribution in [1.29, 1.82) is 0 Å². The summed E-state index contributed by atoms with van der Waals surface area (Å²) in [7, 11) is 2.08. The molecule has 2 heterocycles. The number of nitrogens with one attached hydrogen (secondary N) is 2. The van der Waals surface area contributed by atoms with Gasteiger partial charge in [0.2, 0.25) is 5.91 Å². The van der Waals surface area contributed by atoms with Crippen LogP contribution in [0.3, 0.4) is 0 Å². The fourth-order valence-electron chi connectivity index (χ4n) is 5.81. The lowest BCUT2D eigenvalue weighted by molar-refractivity contribution is -0.120. The zero-order valence-corrected chi connectivity index (χ0v) is 25.7. The number of hydrogen-bond acceptors (Lipinski definition) is 6. The van der Waals surface area contributed by atoms with Crippen molar-refractivity contribution in [1.82, 2.24) is 15.1 Å². The fourth-order valence-corrected chi connectivity index (χ4v) is 5.81. The molecule has 0 aliphatic carbocycles. The number of fused-ring (bicyclic) bond motifs is 1.